The van der Waals surface area contributed by atoms with E-state index in [9.17, 15) is 9.90 Å². The van der Waals surface area contributed by atoms with E-state index >= 15 is 0 Å². The maximum atomic E-state index is 12.7. The number of rotatable bonds is 7. The first-order valence-electron chi connectivity index (χ1n) is 10.4. The minimum absolute atomic E-state index is 0.0226. The lowest BCUT2D eigenvalue weighted by molar-refractivity contribution is -0.150. The van der Waals surface area contributed by atoms with Gasteiger partial charge in [-0.25, -0.2) is 0 Å². The summed E-state index contributed by atoms with van der Waals surface area (Å²) >= 11 is 2.29. The van der Waals surface area contributed by atoms with Crippen LogP contribution in [0.4, 0.5) is 0 Å². The molecule has 158 valence electrons. The van der Waals surface area contributed by atoms with Crippen LogP contribution in [-0.4, -0.2) is 23.3 Å². The number of benzene rings is 2. The maximum absolute atomic E-state index is 12.7. The molecule has 4 rings (SSSR count). The van der Waals surface area contributed by atoms with Crippen molar-refractivity contribution in [3.8, 4) is 0 Å². The van der Waals surface area contributed by atoms with Crippen LogP contribution in [0.5, 0.6) is 0 Å². The molecule has 1 aliphatic heterocycles. The first-order valence-corrected chi connectivity index (χ1v) is 11.4. The molecule has 0 spiro atoms. The molecule has 0 aromatic heterocycles. The summed E-state index contributed by atoms with van der Waals surface area (Å²) in [6.45, 7) is 0.405. The zero-order chi connectivity index (χ0) is 20.9. The molecule has 0 unspecified atom stereocenters. The molecular formula is C24H26INO4. The van der Waals surface area contributed by atoms with Crippen LogP contribution in [0.1, 0.15) is 48.3 Å². The lowest BCUT2D eigenvalue weighted by atomic mass is 9.91. The Morgan fingerprint density at radius 3 is 2.43 bits per heavy atom. The third kappa shape index (κ3) is 5.42. The van der Waals surface area contributed by atoms with E-state index in [1.807, 2.05) is 30.3 Å². The van der Waals surface area contributed by atoms with Crippen LogP contribution < -0.4 is 5.32 Å². The SMILES string of the molecule is O=C(NC1CCC1)C1=C[C@H](c2ccc(I)cc2)C[C@H](OCc2ccc(CO)cc2)O1. The van der Waals surface area contributed by atoms with Gasteiger partial charge in [-0.1, -0.05) is 36.4 Å². The summed E-state index contributed by atoms with van der Waals surface area (Å²) < 4.78 is 13.2. The van der Waals surface area contributed by atoms with Gasteiger partial charge < -0.3 is 19.9 Å². The van der Waals surface area contributed by atoms with Gasteiger partial charge >= 0.3 is 0 Å². The van der Waals surface area contributed by atoms with Crippen LogP contribution in [0.15, 0.2) is 60.4 Å². The molecule has 2 atom stereocenters. The van der Waals surface area contributed by atoms with Crippen LogP contribution >= 0.6 is 22.6 Å². The van der Waals surface area contributed by atoms with E-state index in [1.54, 1.807) is 0 Å². The van der Waals surface area contributed by atoms with Gasteiger partial charge in [0.2, 0.25) is 6.29 Å². The largest absolute Gasteiger partial charge is 0.459 e. The normalized spacial score (nSPS) is 21.3. The smallest absolute Gasteiger partial charge is 0.286 e. The lowest BCUT2D eigenvalue weighted by Crippen LogP contribution is -2.42. The zero-order valence-electron chi connectivity index (χ0n) is 16.7. The lowest BCUT2D eigenvalue weighted by Gasteiger charge is -2.31. The van der Waals surface area contributed by atoms with Crippen molar-refractivity contribution in [2.75, 3.05) is 0 Å². The highest BCUT2D eigenvalue weighted by molar-refractivity contribution is 14.1. The molecule has 1 aliphatic carbocycles. The highest BCUT2D eigenvalue weighted by Gasteiger charge is 2.30. The molecule has 2 aromatic carbocycles. The van der Waals surface area contributed by atoms with E-state index in [0.29, 0.717) is 18.8 Å². The van der Waals surface area contributed by atoms with E-state index in [2.05, 4.69) is 52.2 Å². The van der Waals surface area contributed by atoms with E-state index in [-0.39, 0.29) is 24.5 Å². The molecule has 1 heterocycles. The zero-order valence-corrected chi connectivity index (χ0v) is 18.9. The Balaban J connectivity index is 1.46. The molecule has 30 heavy (non-hydrogen) atoms. The molecule has 0 bridgehead atoms. The van der Waals surface area contributed by atoms with Crippen LogP contribution in [0.25, 0.3) is 0 Å². The van der Waals surface area contributed by atoms with Gasteiger partial charge in [0.05, 0.1) is 13.2 Å². The number of aliphatic hydroxyl groups excluding tert-OH is 1. The Kier molecular flexibility index (Phi) is 7.07. The monoisotopic (exact) mass is 519 g/mol. The van der Waals surface area contributed by atoms with Gasteiger partial charge in [0.25, 0.3) is 5.91 Å². The van der Waals surface area contributed by atoms with E-state index < -0.39 is 6.29 Å². The number of ether oxygens (including phenoxy) is 2. The second-order valence-corrected chi connectivity index (χ2v) is 9.10. The number of halogens is 1. The van der Waals surface area contributed by atoms with Crippen molar-refractivity contribution in [2.45, 2.75) is 57.1 Å². The second-order valence-electron chi connectivity index (χ2n) is 7.86. The van der Waals surface area contributed by atoms with Gasteiger partial charge in [-0.15, -0.1) is 0 Å². The minimum Gasteiger partial charge on any atom is -0.459 e. The number of carbonyl (C=O) groups is 1. The molecule has 1 saturated carbocycles. The molecule has 1 amide bonds. The molecule has 5 nitrogen and oxygen atoms in total. The molecule has 0 radical (unpaired) electrons. The van der Waals surface area contributed by atoms with Crippen LogP contribution in [0.3, 0.4) is 0 Å². The summed E-state index contributed by atoms with van der Waals surface area (Å²) in [6, 6.07) is 16.2. The summed E-state index contributed by atoms with van der Waals surface area (Å²) in [6.07, 6.45) is 5.30. The average molecular weight is 519 g/mol. The Morgan fingerprint density at radius 1 is 1.10 bits per heavy atom. The predicted octanol–water partition coefficient (Wildman–Crippen LogP) is 4.38. The van der Waals surface area contributed by atoms with Crippen molar-refractivity contribution in [3.05, 3.63) is 80.6 Å². The highest BCUT2D eigenvalue weighted by Crippen LogP contribution is 2.32. The standard InChI is InChI=1S/C24H26INO4/c25-20-10-8-18(9-11-20)19-12-22(24(28)26-21-2-1-3-21)30-23(13-19)29-15-17-6-4-16(14-27)5-7-17/h4-12,19,21,23,27H,1-3,13-15H2,(H,26,28)/t19-,23+/m0/s1. The summed E-state index contributed by atoms with van der Waals surface area (Å²) in [5.74, 6) is 0.243. The fourth-order valence-electron chi connectivity index (χ4n) is 3.60. The summed E-state index contributed by atoms with van der Waals surface area (Å²) in [7, 11) is 0. The molecule has 2 aliphatic rings. The third-order valence-electron chi connectivity index (χ3n) is 5.66. The molecule has 2 aromatic rings. The van der Waals surface area contributed by atoms with Crippen LogP contribution in [0, 0.1) is 3.57 Å². The first-order chi connectivity index (χ1) is 14.6. The van der Waals surface area contributed by atoms with Gasteiger partial charge in [0, 0.05) is 22.0 Å². The van der Waals surface area contributed by atoms with Gasteiger partial charge in [0.15, 0.2) is 5.76 Å². The van der Waals surface area contributed by atoms with Crippen molar-refractivity contribution in [1.82, 2.24) is 5.32 Å². The molecule has 1 fully saturated rings. The number of carbonyl (C=O) groups excluding carboxylic acids is 1. The topological polar surface area (TPSA) is 67.8 Å². The fraction of sp³-hybridized carbons (Fsp3) is 0.375. The predicted molar refractivity (Wildman–Crippen MR) is 122 cm³/mol. The number of nitrogens with one attached hydrogen (secondary N) is 1. The molecule has 0 saturated heterocycles. The van der Waals surface area contributed by atoms with E-state index in [0.717, 1.165) is 36.0 Å². The average Bonchev–Trinajstić information content (AvgIpc) is 2.75. The van der Waals surface area contributed by atoms with Gasteiger partial charge in [0.1, 0.15) is 0 Å². The Labute approximate surface area is 190 Å². The quantitative estimate of drug-likeness (QED) is 0.533. The molecular weight excluding hydrogens is 493 g/mol. The number of allylic oxidation sites excluding steroid dienone is 1. The van der Waals surface area contributed by atoms with Crippen molar-refractivity contribution in [2.24, 2.45) is 0 Å². The van der Waals surface area contributed by atoms with Gasteiger partial charge in [-0.3, -0.25) is 4.79 Å². The molecule has 2 N–H and O–H groups in total. The first kappa shape index (κ1) is 21.3. The Bertz CT molecular complexity index is 890. The van der Waals surface area contributed by atoms with Crippen molar-refractivity contribution in [1.29, 1.82) is 0 Å². The number of hydrogen-bond acceptors (Lipinski definition) is 4. The van der Waals surface area contributed by atoms with Gasteiger partial charge in [-0.05, 0) is 76.8 Å². The third-order valence-corrected chi connectivity index (χ3v) is 6.38. The fourth-order valence-corrected chi connectivity index (χ4v) is 3.96. The van der Waals surface area contributed by atoms with E-state index in [4.69, 9.17) is 9.47 Å². The highest BCUT2D eigenvalue weighted by atomic mass is 127. The van der Waals surface area contributed by atoms with Crippen LogP contribution in [0.2, 0.25) is 0 Å². The molecule has 6 heteroatoms. The minimum atomic E-state index is -0.501. The number of aliphatic hydroxyl groups is 1. The van der Waals surface area contributed by atoms with Crippen molar-refractivity contribution < 1.29 is 19.4 Å². The second kappa shape index (κ2) is 9.94. The summed E-state index contributed by atoms with van der Waals surface area (Å²) in [4.78, 5) is 12.7. The Morgan fingerprint density at radius 2 is 1.80 bits per heavy atom. The van der Waals surface area contributed by atoms with Crippen LogP contribution in [-0.2, 0) is 27.5 Å². The summed E-state index contributed by atoms with van der Waals surface area (Å²) in [5.41, 5.74) is 3.01. The number of hydrogen-bond donors (Lipinski definition) is 2. The Hall–Kier alpha value is -1.90. The number of amides is 1. The van der Waals surface area contributed by atoms with Crippen molar-refractivity contribution >= 4 is 28.5 Å². The van der Waals surface area contributed by atoms with Crippen molar-refractivity contribution in [3.63, 3.8) is 0 Å². The van der Waals surface area contributed by atoms with Gasteiger partial charge in [-0.2, -0.15) is 0 Å². The maximum Gasteiger partial charge on any atom is 0.286 e. The van der Waals surface area contributed by atoms with E-state index in [1.165, 1.54) is 3.57 Å². The summed E-state index contributed by atoms with van der Waals surface area (Å²) in [5, 5.41) is 12.2.